The van der Waals surface area contributed by atoms with E-state index in [0.29, 0.717) is 0 Å². The van der Waals surface area contributed by atoms with Crippen molar-refractivity contribution in [2.24, 2.45) is 0 Å². The zero-order valence-corrected chi connectivity index (χ0v) is 13.2. The summed E-state index contributed by atoms with van der Waals surface area (Å²) < 4.78 is 1.78. The molecule has 0 radical (unpaired) electrons. The highest BCUT2D eigenvalue weighted by atomic mass is 16.1. The highest BCUT2D eigenvalue weighted by Crippen LogP contribution is 2.27. The van der Waals surface area contributed by atoms with Crippen LogP contribution in [0.4, 0.5) is 0 Å². The van der Waals surface area contributed by atoms with Crippen molar-refractivity contribution in [2.75, 3.05) is 0 Å². The smallest absolute Gasteiger partial charge is 0.289 e. The summed E-state index contributed by atoms with van der Waals surface area (Å²) in [5, 5.41) is 1.02. The Labute approximate surface area is 130 Å². The molecule has 0 fully saturated rings. The van der Waals surface area contributed by atoms with Crippen LogP contribution in [0.3, 0.4) is 0 Å². The van der Waals surface area contributed by atoms with Gasteiger partial charge in [-0.15, -0.1) is 0 Å². The third-order valence-corrected chi connectivity index (χ3v) is 3.96. The molecule has 3 heteroatoms. The van der Waals surface area contributed by atoms with E-state index in [0.717, 1.165) is 28.6 Å². The van der Waals surface area contributed by atoms with Gasteiger partial charge >= 0.3 is 5.69 Å². The maximum absolute atomic E-state index is 12.5. The molecule has 0 bridgehead atoms. The van der Waals surface area contributed by atoms with Gasteiger partial charge in [0.15, 0.2) is 0 Å². The van der Waals surface area contributed by atoms with E-state index in [1.807, 2.05) is 44.2 Å². The molecule has 0 atom stereocenters. The van der Waals surface area contributed by atoms with Crippen molar-refractivity contribution in [3.05, 3.63) is 64.6 Å². The van der Waals surface area contributed by atoms with Gasteiger partial charge in [0.25, 0.3) is 0 Å². The number of aryl methyl sites for hydroxylation is 1. The normalized spacial score (nSPS) is 11.3. The van der Waals surface area contributed by atoms with E-state index < -0.39 is 0 Å². The predicted octanol–water partition coefficient (Wildman–Crippen LogP) is 4.21. The number of aromatic nitrogens is 2. The van der Waals surface area contributed by atoms with Gasteiger partial charge in [0, 0.05) is 17.0 Å². The molecule has 0 aliphatic carbocycles. The zero-order valence-electron chi connectivity index (χ0n) is 13.2. The fourth-order valence-corrected chi connectivity index (χ4v) is 2.82. The van der Waals surface area contributed by atoms with Crippen molar-refractivity contribution >= 4 is 10.9 Å². The Morgan fingerprint density at radius 1 is 1.09 bits per heavy atom. The fraction of sp³-hybridized carbons (Fsp3) is 0.263. The Morgan fingerprint density at radius 3 is 2.45 bits per heavy atom. The standard InChI is InChI=1S/C19H20N2O/c1-4-14-10-11-16-17(12-14)21(13(2)3)19(22)20-18(16)15-8-6-5-7-9-15/h5-13H,4H2,1-3H3. The van der Waals surface area contributed by atoms with Crippen LogP contribution in [-0.2, 0) is 6.42 Å². The minimum Gasteiger partial charge on any atom is -0.289 e. The first-order valence-electron chi connectivity index (χ1n) is 7.72. The number of hydrogen-bond donors (Lipinski definition) is 0. The Hall–Kier alpha value is -2.42. The molecule has 1 aromatic heterocycles. The molecular weight excluding hydrogens is 272 g/mol. The van der Waals surface area contributed by atoms with Gasteiger partial charge in [-0.25, -0.2) is 4.79 Å². The van der Waals surface area contributed by atoms with Crippen LogP contribution in [-0.4, -0.2) is 9.55 Å². The number of rotatable bonds is 3. The molecule has 3 rings (SSSR count). The predicted molar refractivity (Wildman–Crippen MR) is 91.2 cm³/mol. The largest absolute Gasteiger partial charge is 0.348 e. The molecule has 22 heavy (non-hydrogen) atoms. The van der Waals surface area contributed by atoms with Gasteiger partial charge in [-0.1, -0.05) is 49.4 Å². The minimum absolute atomic E-state index is 0.0828. The molecule has 1 heterocycles. The molecule has 0 unspecified atom stereocenters. The molecule has 0 saturated carbocycles. The molecular formula is C19H20N2O. The van der Waals surface area contributed by atoms with Gasteiger partial charge in [0.05, 0.1) is 11.2 Å². The lowest BCUT2D eigenvalue weighted by Crippen LogP contribution is -2.25. The van der Waals surface area contributed by atoms with Crippen molar-refractivity contribution in [2.45, 2.75) is 33.2 Å². The molecule has 0 aliphatic heterocycles. The SMILES string of the molecule is CCc1ccc2c(-c3ccccc3)nc(=O)n(C(C)C)c2c1. The average Bonchev–Trinajstić information content (AvgIpc) is 2.53. The zero-order chi connectivity index (χ0) is 15.7. The summed E-state index contributed by atoms with van der Waals surface area (Å²) in [6.07, 6.45) is 0.950. The molecule has 0 aliphatic rings. The summed E-state index contributed by atoms with van der Waals surface area (Å²) in [5.74, 6) is 0. The van der Waals surface area contributed by atoms with Crippen LogP contribution in [0.15, 0.2) is 53.3 Å². The molecule has 2 aromatic carbocycles. The van der Waals surface area contributed by atoms with Gasteiger partial charge in [-0.05, 0) is 31.9 Å². The number of fused-ring (bicyclic) bond motifs is 1. The highest BCUT2D eigenvalue weighted by Gasteiger charge is 2.14. The minimum atomic E-state index is -0.186. The molecule has 3 aromatic rings. The van der Waals surface area contributed by atoms with E-state index in [4.69, 9.17) is 0 Å². The van der Waals surface area contributed by atoms with Crippen molar-refractivity contribution in [3.63, 3.8) is 0 Å². The molecule has 3 nitrogen and oxygen atoms in total. The van der Waals surface area contributed by atoms with Crippen LogP contribution in [0.1, 0.15) is 32.4 Å². The molecule has 0 amide bonds. The first-order chi connectivity index (χ1) is 10.6. The maximum atomic E-state index is 12.5. The van der Waals surface area contributed by atoms with Gasteiger partial charge < -0.3 is 0 Å². The van der Waals surface area contributed by atoms with Gasteiger partial charge in [0.2, 0.25) is 0 Å². The lowest BCUT2D eigenvalue weighted by atomic mass is 10.0. The summed E-state index contributed by atoms with van der Waals surface area (Å²) >= 11 is 0. The second-order valence-electron chi connectivity index (χ2n) is 5.78. The first-order valence-corrected chi connectivity index (χ1v) is 7.72. The van der Waals surface area contributed by atoms with Crippen LogP contribution < -0.4 is 5.69 Å². The molecule has 0 spiro atoms. The lowest BCUT2D eigenvalue weighted by Gasteiger charge is -2.16. The fourth-order valence-electron chi connectivity index (χ4n) is 2.82. The van der Waals surface area contributed by atoms with Gasteiger partial charge in [-0.2, -0.15) is 4.98 Å². The molecule has 0 N–H and O–H groups in total. The maximum Gasteiger partial charge on any atom is 0.348 e. The summed E-state index contributed by atoms with van der Waals surface area (Å²) in [6.45, 7) is 6.16. The van der Waals surface area contributed by atoms with Crippen molar-refractivity contribution < 1.29 is 0 Å². The van der Waals surface area contributed by atoms with Crippen LogP contribution in [0.25, 0.3) is 22.2 Å². The Balaban J connectivity index is 2.41. The van der Waals surface area contributed by atoms with Crippen molar-refractivity contribution in [3.8, 4) is 11.3 Å². The van der Waals surface area contributed by atoms with E-state index >= 15 is 0 Å². The number of hydrogen-bond acceptors (Lipinski definition) is 2. The van der Waals surface area contributed by atoms with E-state index in [1.54, 1.807) is 4.57 Å². The molecule has 0 saturated heterocycles. The molecule has 112 valence electrons. The summed E-state index contributed by atoms with van der Waals surface area (Å²) in [6, 6.07) is 16.3. The third-order valence-electron chi connectivity index (χ3n) is 3.96. The Morgan fingerprint density at radius 2 is 1.82 bits per heavy atom. The van der Waals surface area contributed by atoms with Crippen molar-refractivity contribution in [1.82, 2.24) is 9.55 Å². The van der Waals surface area contributed by atoms with Crippen LogP contribution in [0, 0.1) is 0 Å². The van der Waals surface area contributed by atoms with Gasteiger partial charge in [0.1, 0.15) is 0 Å². The topological polar surface area (TPSA) is 34.9 Å². The Kier molecular flexibility index (Phi) is 3.80. The lowest BCUT2D eigenvalue weighted by molar-refractivity contribution is 0.587. The monoisotopic (exact) mass is 292 g/mol. The van der Waals surface area contributed by atoms with Crippen LogP contribution in [0.5, 0.6) is 0 Å². The van der Waals surface area contributed by atoms with E-state index in [1.165, 1.54) is 5.56 Å². The summed E-state index contributed by atoms with van der Waals surface area (Å²) in [5.41, 5.74) is 3.75. The van der Waals surface area contributed by atoms with Crippen molar-refractivity contribution in [1.29, 1.82) is 0 Å². The summed E-state index contributed by atoms with van der Waals surface area (Å²) in [7, 11) is 0. The number of benzene rings is 2. The highest BCUT2D eigenvalue weighted by molar-refractivity contribution is 5.92. The van der Waals surface area contributed by atoms with Crippen LogP contribution >= 0.6 is 0 Å². The third kappa shape index (κ3) is 2.43. The average molecular weight is 292 g/mol. The summed E-state index contributed by atoms with van der Waals surface area (Å²) in [4.78, 5) is 16.9. The first kappa shape index (κ1) is 14.5. The number of nitrogens with zero attached hydrogens (tertiary/aromatic N) is 2. The Bertz CT molecular complexity index is 864. The second kappa shape index (κ2) is 5.76. The van der Waals surface area contributed by atoms with E-state index in [9.17, 15) is 4.79 Å². The van der Waals surface area contributed by atoms with Gasteiger partial charge in [-0.3, -0.25) is 4.57 Å². The van der Waals surface area contributed by atoms with E-state index in [2.05, 4.69) is 30.1 Å². The van der Waals surface area contributed by atoms with Crippen LogP contribution in [0.2, 0.25) is 0 Å². The second-order valence-corrected chi connectivity index (χ2v) is 5.78. The quantitative estimate of drug-likeness (QED) is 0.725. The van der Waals surface area contributed by atoms with E-state index in [-0.39, 0.29) is 11.7 Å².